The largest absolute Gasteiger partial charge is 0.318 e. The Morgan fingerprint density at radius 3 is 2.71 bits per heavy atom. The predicted octanol–water partition coefficient (Wildman–Crippen LogP) is 2.12. The molecular formula is C12H15NS. The van der Waals surface area contributed by atoms with Crippen LogP contribution in [-0.4, -0.2) is 18.1 Å². The molecule has 0 aliphatic rings. The molecule has 0 bridgehead atoms. The molecule has 0 fully saturated rings. The first-order valence-corrected chi connectivity index (χ1v) is 6.03. The third kappa shape index (κ3) is 4.36. The van der Waals surface area contributed by atoms with Gasteiger partial charge in [0.05, 0.1) is 6.04 Å². The van der Waals surface area contributed by atoms with Gasteiger partial charge in [0, 0.05) is 5.56 Å². The summed E-state index contributed by atoms with van der Waals surface area (Å²) in [5.74, 6) is 7.19. The molecule has 0 spiro atoms. The summed E-state index contributed by atoms with van der Waals surface area (Å²) in [5, 5.41) is 0. The van der Waals surface area contributed by atoms with Gasteiger partial charge in [0.25, 0.3) is 0 Å². The molecule has 1 rings (SSSR count). The average Bonchev–Trinajstić information content (AvgIpc) is 2.25. The number of thioether (sulfide) groups is 1. The van der Waals surface area contributed by atoms with E-state index >= 15 is 0 Å². The van der Waals surface area contributed by atoms with Crippen LogP contribution in [0.3, 0.4) is 0 Å². The van der Waals surface area contributed by atoms with Crippen LogP contribution >= 0.6 is 11.8 Å². The minimum Gasteiger partial charge on any atom is -0.318 e. The van der Waals surface area contributed by atoms with Crippen molar-refractivity contribution in [2.45, 2.75) is 12.5 Å². The minimum atomic E-state index is 0.00246. The van der Waals surface area contributed by atoms with E-state index in [1.807, 2.05) is 30.3 Å². The van der Waals surface area contributed by atoms with Crippen LogP contribution in [0.15, 0.2) is 30.3 Å². The highest BCUT2D eigenvalue weighted by molar-refractivity contribution is 7.98. The molecule has 0 aliphatic carbocycles. The minimum absolute atomic E-state index is 0.00246. The van der Waals surface area contributed by atoms with Gasteiger partial charge < -0.3 is 5.73 Å². The van der Waals surface area contributed by atoms with Crippen LogP contribution in [0.2, 0.25) is 0 Å². The molecule has 0 saturated heterocycles. The zero-order chi connectivity index (χ0) is 10.2. The fraction of sp³-hybridized carbons (Fsp3) is 0.333. The molecular weight excluding hydrogens is 190 g/mol. The Labute approximate surface area is 90.1 Å². The van der Waals surface area contributed by atoms with E-state index in [4.69, 9.17) is 5.73 Å². The van der Waals surface area contributed by atoms with Crippen molar-refractivity contribution in [2.24, 2.45) is 5.73 Å². The molecule has 74 valence electrons. The lowest BCUT2D eigenvalue weighted by molar-refractivity contribution is 0.815. The maximum Gasteiger partial charge on any atom is 0.0676 e. The van der Waals surface area contributed by atoms with Gasteiger partial charge in [-0.25, -0.2) is 0 Å². The molecule has 0 aromatic heterocycles. The van der Waals surface area contributed by atoms with Crippen molar-refractivity contribution in [3.05, 3.63) is 35.9 Å². The molecule has 0 heterocycles. The highest BCUT2D eigenvalue weighted by atomic mass is 32.2. The Balaban J connectivity index is 2.47. The molecule has 2 heteroatoms. The number of rotatable bonds is 3. The van der Waals surface area contributed by atoms with E-state index in [0.29, 0.717) is 0 Å². The van der Waals surface area contributed by atoms with E-state index in [-0.39, 0.29) is 6.04 Å². The Hall–Kier alpha value is -0.910. The predicted molar refractivity (Wildman–Crippen MR) is 64.3 cm³/mol. The van der Waals surface area contributed by atoms with E-state index in [2.05, 4.69) is 18.1 Å². The van der Waals surface area contributed by atoms with E-state index in [1.54, 1.807) is 11.8 Å². The summed E-state index contributed by atoms with van der Waals surface area (Å²) in [7, 11) is 0. The summed E-state index contributed by atoms with van der Waals surface area (Å²) in [6, 6.07) is 9.94. The molecule has 1 nitrogen and oxygen atoms in total. The van der Waals surface area contributed by atoms with Gasteiger partial charge in [0.2, 0.25) is 0 Å². The van der Waals surface area contributed by atoms with Crippen LogP contribution in [0.25, 0.3) is 0 Å². The summed E-state index contributed by atoms with van der Waals surface area (Å²) in [4.78, 5) is 0. The van der Waals surface area contributed by atoms with Crippen LogP contribution < -0.4 is 5.73 Å². The number of hydrogen-bond acceptors (Lipinski definition) is 2. The number of hydrogen-bond donors (Lipinski definition) is 1. The Bertz CT molecular complexity index is 310. The van der Waals surface area contributed by atoms with Crippen molar-refractivity contribution in [3.63, 3.8) is 0 Å². The maximum absolute atomic E-state index is 5.82. The van der Waals surface area contributed by atoms with E-state index in [1.165, 1.54) is 0 Å². The summed E-state index contributed by atoms with van der Waals surface area (Å²) < 4.78 is 0. The van der Waals surface area contributed by atoms with Crippen molar-refractivity contribution >= 4 is 11.8 Å². The molecule has 0 radical (unpaired) electrons. The normalized spacial score (nSPS) is 11.6. The molecule has 0 saturated carbocycles. The second-order valence-electron chi connectivity index (χ2n) is 3.02. The summed E-state index contributed by atoms with van der Waals surface area (Å²) in [5.41, 5.74) is 6.86. The van der Waals surface area contributed by atoms with Gasteiger partial charge in [-0.1, -0.05) is 30.0 Å². The second-order valence-corrected chi connectivity index (χ2v) is 4.01. The molecule has 0 amide bonds. The molecule has 2 N–H and O–H groups in total. The van der Waals surface area contributed by atoms with Crippen LogP contribution in [0.1, 0.15) is 12.0 Å². The molecule has 1 aromatic rings. The van der Waals surface area contributed by atoms with Crippen molar-refractivity contribution in [2.75, 3.05) is 12.0 Å². The van der Waals surface area contributed by atoms with Gasteiger partial charge in [-0.2, -0.15) is 11.8 Å². The average molecular weight is 205 g/mol. The standard InChI is InChI=1S/C12H15NS/c1-14-10-9-12(13)8-7-11-5-3-2-4-6-11/h2-6,12H,9-10,13H2,1H3. The smallest absolute Gasteiger partial charge is 0.0676 e. The number of benzene rings is 1. The van der Waals surface area contributed by atoms with Crippen molar-refractivity contribution in [1.29, 1.82) is 0 Å². The first-order valence-electron chi connectivity index (χ1n) is 4.64. The fourth-order valence-electron chi connectivity index (χ4n) is 1.01. The van der Waals surface area contributed by atoms with E-state index < -0.39 is 0 Å². The fourth-order valence-corrected chi connectivity index (χ4v) is 1.50. The van der Waals surface area contributed by atoms with Crippen molar-refractivity contribution in [3.8, 4) is 11.8 Å². The van der Waals surface area contributed by atoms with Crippen molar-refractivity contribution < 1.29 is 0 Å². The topological polar surface area (TPSA) is 26.0 Å². The third-order valence-corrected chi connectivity index (χ3v) is 2.45. The van der Waals surface area contributed by atoms with E-state index in [0.717, 1.165) is 17.7 Å². The van der Waals surface area contributed by atoms with Gasteiger partial charge in [0.15, 0.2) is 0 Å². The van der Waals surface area contributed by atoms with Gasteiger partial charge in [-0.05, 0) is 30.6 Å². The van der Waals surface area contributed by atoms with Crippen LogP contribution in [-0.2, 0) is 0 Å². The Morgan fingerprint density at radius 2 is 2.07 bits per heavy atom. The molecule has 1 unspecified atom stereocenters. The lowest BCUT2D eigenvalue weighted by Crippen LogP contribution is -2.18. The lowest BCUT2D eigenvalue weighted by Gasteiger charge is -2.00. The lowest BCUT2D eigenvalue weighted by atomic mass is 10.2. The molecule has 1 aromatic carbocycles. The highest BCUT2D eigenvalue weighted by Gasteiger charge is 1.95. The first kappa shape index (κ1) is 11.2. The number of nitrogens with two attached hydrogens (primary N) is 1. The van der Waals surface area contributed by atoms with Crippen molar-refractivity contribution in [1.82, 2.24) is 0 Å². The van der Waals surface area contributed by atoms with Gasteiger partial charge >= 0.3 is 0 Å². The van der Waals surface area contributed by atoms with Crippen LogP contribution in [0.4, 0.5) is 0 Å². The molecule has 0 aliphatic heterocycles. The zero-order valence-corrected chi connectivity index (χ0v) is 9.18. The van der Waals surface area contributed by atoms with Crippen LogP contribution in [0, 0.1) is 11.8 Å². The summed E-state index contributed by atoms with van der Waals surface area (Å²) in [6.45, 7) is 0. The van der Waals surface area contributed by atoms with E-state index in [9.17, 15) is 0 Å². The first-order chi connectivity index (χ1) is 6.83. The quantitative estimate of drug-likeness (QED) is 0.765. The van der Waals surface area contributed by atoms with Gasteiger partial charge in [-0.15, -0.1) is 0 Å². The second kappa shape index (κ2) is 6.53. The van der Waals surface area contributed by atoms with Gasteiger partial charge in [-0.3, -0.25) is 0 Å². The maximum atomic E-state index is 5.82. The van der Waals surface area contributed by atoms with Gasteiger partial charge in [0.1, 0.15) is 0 Å². The molecule has 1 atom stereocenters. The summed E-state index contributed by atoms with van der Waals surface area (Å²) in [6.07, 6.45) is 3.04. The monoisotopic (exact) mass is 205 g/mol. The Kier molecular flexibility index (Phi) is 5.21. The summed E-state index contributed by atoms with van der Waals surface area (Å²) >= 11 is 1.80. The Morgan fingerprint density at radius 1 is 1.36 bits per heavy atom. The third-order valence-electron chi connectivity index (χ3n) is 1.81. The highest BCUT2D eigenvalue weighted by Crippen LogP contribution is 1.99. The zero-order valence-electron chi connectivity index (χ0n) is 8.36. The van der Waals surface area contributed by atoms with Crippen LogP contribution in [0.5, 0.6) is 0 Å². The molecule has 14 heavy (non-hydrogen) atoms. The SMILES string of the molecule is CSCCC(N)C#Cc1ccccc1.